The van der Waals surface area contributed by atoms with Crippen molar-refractivity contribution in [2.24, 2.45) is 0 Å². The summed E-state index contributed by atoms with van der Waals surface area (Å²) in [7, 11) is 2.19. The van der Waals surface area contributed by atoms with Gasteiger partial charge >= 0.3 is 0 Å². The molecular weight excluding hydrogens is 324 g/mol. The van der Waals surface area contributed by atoms with Crippen LogP contribution in [0.25, 0.3) is 11.0 Å². The lowest BCUT2D eigenvalue weighted by molar-refractivity contribution is 0.185. The zero-order chi connectivity index (χ0) is 17.9. The van der Waals surface area contributed by atoms with E-state index in [0.29, 0.717) is 0 Å². The molecule has 0 spiro atoms. The number of dihydropyridines is 1. The molecule has 0 amide bonds. The van der Waals surface area contributed by atoms with Crippen molar-refractivity contribution < 1.29 is 0 Å². The van der Waals surface area contributed by atoms with Crippen molar-refractivity contribution in [2.75, 3.05) is 39.8 Å². The van der Waals surface area contributed by atoms with Gasteiger partial charge in [0, 0.05) is 57.9 Å². The summed E-state index contributed by atoms with van der Waals surface area (Å²) in [5.74, 6) is 0. The van der Waals surface area contributed by atoms with Crippen molar-refractivity contribution in [1.29, 1.82) is 0 Å². The second-order valence-corrected chi connectivity index (χ2v) is 7.09. The largest absolute Gasteiger partial charge is 0.385 e. The molecular formula is C20H26N6. The molecule has 2 aromatic rings. The number of hydrogen-bond acceptors (Lipinski definition) is 6. The Kier molecular flexibility index (Phi) is 4.75. The smallest absolute Gasteiger partial charge is 0.0890 e. The number of rotatable bonds is 4. The van der Waals surface area contributed by atoms with E-state index in [9.17, 15) is 0 Å². The Morgan fingerprint density at radius 2 is 1.85 bits per heavy atom. The maximum absolute atomic E-state index is 4.40. The van der Waals surface area contributed by atoms with Crippen LogP contribution in [-0.4, -0.2) is 59.5 Å². The van der Waals surface area contributed by atoms with Crippen molar-refractivity contribution in [3.8, 4) is 0 Å². The van der Waals surface area contributed by atoms with Crippen molar-refractivity contribution >= 4 is 11.0 Å². The lowest BCUT2D eigenvalue weighted by atomic mass is 10.1. The van der Waals surface area contributed by atoms with Gasteiger partial charge in [0.15, 0.2) is 0 Å². The summed E-state index contributed by atoms with van der Waals surface area (Å²) in [6.45, 7) is 8.28. The van der Waals surface area contributed by atoms with E-state index >= 15 is 0 Å². The minimum Gasteiger partial charge on any atom is -0.385 e. The van der Waals surface area contributed by atoms with Gasteiger partial charge in [0.1, 0.15) is 0 Å². The summed E-state index contributed by atoms with van der Waals surface area (Å²) in [5, 5.41) is 7.02. The van der Waals surface area contributed by atoms with Gasteiger partial charge in [0.25, 0.3) is 0 Å². The van der Waals surface area contributed by atoms with Crippen LogP contribution in [0.1, 0.15) is 12.5 Å². The molecule has 1 aromatic carbocycles. The molecule has 3 heterocycles. The predicted octanol–water partition coefficient (Wildman–Crippen LogP) is 1.69. The topological polar surface area (TPSA) is 56.3 Å². The van der Waals surface area contributed by atoms with Crippen LogP contribution in [0.3, 0.4) is 0 Å². The van der Waals surface area contributed by atoms with E-state index in [1.807, 2.05) is 6.07 Å². The number of likely N-dealkylation sites (N-methyl/N-ethyl adjacent to an activating group) is 1. The van der Waals surface area contributed by atoms with E-state index in [1.165, 1.54) is 22.5 Å². The average Bonchev–Trinajstić information content (AvgIpc) is 2.67. The fourth-order valence-electron chi connectivity index (χ4n) is 3.61. The maximum Gasteiger partial charge on any atom is 0.0890 e. The zero-order valence-electron chi connectivity index (χ0n) is 15.5. The van der Waals surface area contributed by atoms with Gasteiger partial charge < -0.3 is 20.4 Å². The quantitative estimate of drug-likeness (QED) is 0.875. The first-order chi connectivity index (χ1) is 12.7. The van der Waals surface area contributed by atoms with Crippen LogP contribution in [0.5, 0.6) is 0 Å². The van der Waals surface area contributed by atoms with E-state index < -0.39 is 0 Å². The molecule has 26 heavy (non-hydrogen) atoms. The maximum atomic E-state index is 4.40. The van der Waals surface area contributed by atoms with Crippen LogP contribution >= 0.6 is 0 Å². The molecule has 0 unspecified atom stereocenters. The number of piperazine rings is 1. The fourth-order valence-corrected chi connectivity index (χ4v) is 3.61. The molecule has 0 aliphatic carbocycles. The SMILES string of the molecule is CC1=C(N2CCN(C)CC2)C(NCc2ccc3nccnc3c2)=CNC1. The van der Waals surface area contributed by atoms with E-state index in [0.717, 1.165) is 50.3 Å². The Bertz CT molecular complexity index is 848. The van der Waals surface area contributed by atoms with Gasteiger partial charge in [-0.2, -0.15) is 0 Å². The first-order valence-corrected chi connectivity index (χ1v) is 9.21. The monoisotopic (exact) mass is 350 g/mol. The third kappa shape index (κ3) is 3.51. The second-order valence-electron chi connectivity index (χ2n) is 7.09. The molecule has 0 atom stereocenters. The Hall–Kier alpha value is -2.60. The van der Waals surface area contributed by atoms with Gasteiger partial charge in [0.05, 0.1) is 22.4 Å². The Morgan fingerprint density at radius 1 is 1.08 bits per heavy atom. The van der Waals surface area contributed by atoms with E-state index in [4.69, 9.17) is 0 Å². The summed E-state index contributed by atoms with van der Waals surface area (Å²) < 4.78 is 0. The van der Waals surface area contributed by atoms with E-state index in [1.54, 1.807) is 12.4 Å². The molecule has 2 aliphatic rings. The number of nitrogens with zero attached hydrogens (tertiary/aromatic N) is 4. The van der Waals surface area contributed by atoms with Crippen molar-refractivity contribution in [2.45, 2.75) is 13.5 Å². The molecule has 1 fully saturated rings. The molecule has 4 rings (SSSR count). The number of benzene rings is 1. The highest BCUT2D eigenvalue weighted by Gasteiger charge is 2.22. The highest BCUT2D eigenvalue weighted by atomic mass is 15.3. The molecule has 6 heteroatoms. The number of aromatic nitrogens is 2. The summed E-state index contributed by atoms with van der Waals surface area (Å²) in [4.78, 5) is 13.6. The third-order valence-corrected chi connectivity index (χ3v) is 5.11. The van der Waals surface area contributed by atoms with Crippen LogP contribution in [0, 0.1) is 0 Å². The molecule has 6 nitrogen and oxygen atoms in total. The van der Waals surface area contributed by atoms with Crippen LogP contribution in [0.15, 0.2) is 53.8 Å². The molecule has 0 bridgehead atoms. The van der Waals surface area contributed by atoms with Crippen LogP contribution < -0.4 is 10.6 Å². The Morgan fingerprint density at radius 3 is 2.65 bits per heavy atom. The zero-order valence-corrected chi connectivity index (χ0v) is 15.5. The standard InChI is InChI=1S/C20H26N6/c1-15-12-21-14-19(20(15)26-9-7-25(2)8-10-26)24-13-16-3-4-17-18(11-16)23-6-5-22-17/h3-6,11,14,21,24H,7-10,12-13H2,1-2H3. The van der Waals surface area contributed by atoms with Crippen molar-refractivity contribution in [1.82, 2.24) is 30.4 Å². The molecule has 1 saturated heterocycles. The van der Waals surface area contributed by atoms with E-state index in [2.05, 4.69) is 62.7 Å². The lowest BCUT2D eigenvalue weighted by Gasteiger charge is -2.38. The van der Waals surface area contributed by atoms with Gasteiger partial charge in [-0.3, -0.25) is 9.97 Å². The van der Waals surface area contributed by atoms with Gasteiger partial charge in [-0.25, -0.2) is 0 Å². The lowest BCUT2D eigenvalue weighted by Crippen LogP contribution is -2.46. The van der Waals surface area contributed by atoms with Crippen LogP contribution in [0.4, 0.5) is 0 Å². The number of fused-ring (bicyclic) bond motifs is 1. The molecule has 0 saturated carbocycles. The van der Waals surface area contributed by atoms with Gasteiger partial charge in [0.2, 0.25) is 0 Å². The molecule has 136 valence electrons. The Labute approximate surface area is 154 Å². The Balaban J connectivity index is 1.49. The summed E-state index contributed by atoms with van der Waals surface area (Å²) in [5.41, 5.74) is 7.01. The highest BCUT2D eigenvalue weighted by molar-refractivity contribution is 5.74. The minimum absolute atomic E-state index is 0.768. The highest BCUT2D eigenvalue weighted by Crippen LogP contribution is 2.22. The molecule has 2 aliphatic heterocycles. The summed E-state index contributed by atoms with van der Waals surface area (Å²) in [6.07, 6.45) is 5.58. The van der Waals surface area contributed by atoms with Gasteiger partial charge in [-0.1, -0.05) is 6.07 Å². The number of nitrogens with one attached hydrogen (secondary N) is 2. The van der Waals surface area contributed by atoms with Crippen LogP contribution in [0.2, 0.25) is 0 Å². The third-order valence-electron chi connectivity index (χ3n) is 5.11. The molecule has 1 aromatic heterocycles. The van der Waals surface area contributed by atoms with Gasteiger partial charge in [-0.05, 0) is 37.2 Å². The van der Waals surface area contributed by atoms with E-state index in [-0.39, 0.29) is 0 Å². The summed E-state index contributed by atoms with van der Waals surface area (Å²) in [6, 6.07) is 6.26. The van der Waals surface area contributed by atoms with Crippen molar-refractivity contribution in [3.05, 3.63) is 59.3 Å². The molecule has 0 radical (unpaired) electrons. The first kappa shape index (κ1) is 16.8. The number of hydrogen-bond donors (Lipinski definition) is 2. The summed E-state index contributed by atoms with van der Waals surface area (Å²) >= 11 is 0. The first-order valence-electron chi connectivity index (χ1n) is 9.21. The fraction of sp³-hybridized carbons (Fsp3) is 0.400. The minimum atomic E-state index is 0.768. The predicted molar refractivity (Wildman–Crippen MR) is 104 cm³/mol. The van der Waals surface area contributed by atoms with Crippen molar-refractivity contribution in [3.63, 3.8) is 0 Å². The van der Waals surface area contributed by atoms with Crippen LogP contribution in [-0.2, 0) is 6.54 Å². The molecule has 2 N–H and O–H groups in total. The average molecular weight is 350 g/mol. The normalized spacial score (nSPS) is 18.7. The second kappa shape index (κ2) is 7.33. The van der Waals surface area contributed by atoms with Gasteiger partial charge in [-0.15, -0.1) is 0 Å².